The van der Waals surface area contributed by atoms with E-state index >= 15 is 0 Å². The molecule has 0 aromatic carbocycles. The van der Waals surface area contributed by atoms with Gasteiger partial charge in [0.15, 0.2) is 0 Å². The predicted molar refractivity (Wildman–Crippen MR) is 62.8 cm³/mol. The van der Waals surface area contributed by atoms with Crippen LogP contribution < -0.4 is 0 Å². The van der Waals surface area contributed by atoms with E-state index in [0.717, 1.165) is 18.4 Å². The van der Waals surface area contributed by atoms with Crippen molar-refractivity contribution in [2.24, 2.45) is 0 Å². The van der Waals surface area contributed by atoms with Crippen LogP contribution in [0, 0.1) is 0 Å². The highest BCUT2D eigenvalue weighted by Crippen LogP contribution is 2.18. The molecule has 1 saturated heterocycles. The minimum Gasteiger partial charge on any atom is -0.478 e. The Hall–Kier alpha value is -1.52. The van der Waals surface area contributed by atoms with Crippen LogP contribution in [-0.2, 0) is 9.53 Å². The maximum atomic E-state index is 11.8. The Morgan fingerprint density at radius 1 is 1.41 bits per heavy atom. The van der Waals surface area contributed by atoms with Crippen LogP contribution in [0.25, 0.3) is 0 Å². The maximum Gasteiger partial charge on any atom is 0.410 e. The predicted octanol–water partition coefficient (Wildman–Crippen LogP) is 2.03. The van der Waals surface area contributed by atoms with Crippen molar-refractivity contribution in [2.75, 3.05) is 13.1 Å². The number of nitrogens with zero attached hydrogens (tertiary/aromatic N) is 1. The van der Waals surface area contributed by atoms with Crippen LogP contribution in [-0.4, -0.2) is 40.8 Å². The summed E-state index contributed by atoms with van der Waals surface area (Å²) < 4.78 is 5.24. The van der Waals surface area contributed by atoms with Crippen molar-refractivity contribution in [3.05, 3.63) is 11.6 Å². The molecule has 5 heteroatoms. The van der Waals surface area contributed by atoms with Crippen molar-refractivity contribution in [3.63, 3.8) is 0 Å². The highest BCUT2D eigenvalue weighted by atomic mass is 16.6. The van der Waals surface area contributed by atoms with Crippen LogP contribution in [0.15, 0.2) is 11.6 Å². The van der Waals surface area contributed by atoms with Gasteiger partial charge in [-0.3, -0.25) is 0 Å². The monoisotopic (exact) mass is 241 g/mol. The molecule has 0 aromatic heterocycles. The van der Waals surface area contributed by atoms with Crippen LogP contribution in [0.3, 0.4) is 0 Å². The number of aliphatic carboxylic acids is 1. The van der Waals surface area contributed by atoms with Gasteiger partial charge in [0.05, 0.1) is 0 Å². The van der Waals surface area contributed by atoms with Gasteiger partial charge in [-0.25, -0.2) is 9.59 Å². The topological polar surface area (TPSA) is 66.8 Å². The van der Waals surface area contributed by atoms with Crippen molar-refractivity contribution in [1.82, 2.24) is 4.90 Å². The molecule has 0 radical (unpaired) electrons. The number of hydrogen-bond acceptors (Lipinski definition) is 3. The molecule has 1 amide bonds. The lowest BCUT2D eigenvalue weighted by molar-refractivity contribution is -0.131. The largest absolute Gasteiger partial charge is 0.478 e. The second kappa shape index (κ2) is 5.21. The molecule has 0 aromatic rings. The van der Waals surface area contributed by atoms with Gasteiger partial charge >= 0.3 is 12.1 Å². The van der Waals surface area contributed by atoms with Crippen molar-refractivity contribution in [3.8, 4) is 0 Å². The maximum absolute atomic E-state index is 11.8. The van der Waals surface area contributed by atoms with E-state index in [1.54, 1.807) is 4.90 Å². The number of carboxylic acid groups (broad SMARTS) is 1. The molecule has 1 aliphatic heterocycles. The number of rotatable bonds is 1. The first-order valence-corrected chi connectivity index (χ1v) is 5.68. The molecule has 96 valence electrons. The molecule has 1 heterocycles. The van der Waals surface area contributed by atoms with Crippen molar-refractivity contribution in [1.29, 1.82) is 0 Å². The van der Waals surface area contributed by atoms with Gasteiger partial charge in [-0.2, -0.15) is 0 Å². The Morgan fingerprint density at radius 3 is 2.59 bits per heavy atom. The van der Waals surface area contributed by atoms with Gasteiger partial charge in [0.2, 0.25) is 0 Å². The van der Waals surface area contributed by atoms with E-state index in [1.807, 2.05) is 20.8 Å². The summed E-state index contributed by atoms with van der Waals surface area (Å²) in [5, 5.41) is 8.67. The van der Waals surface area contributed by atoms with Crippen LogP contribution in [0.1, 0.15) is 33.6 Å². The molecule has 0 aliphatic carbocycles. The summed E-state index contributed by atoms with van der Waals surface area (Å²) in [6.45, 7) is 6.39. The Labute approximate surface area is 101 Å². The molecule has 1 rings (SSSR count). The van der Waals surface area contributed by atoms with Gasteiger partial charge in [-0.15, -0.1) is 0 Å². The molecular formula is C12H19NO4. The quantitative estimate of drug-likeness (QED) is 0.713. The molecule has 0 spiro atoms. The van der Waals surface area contributed by atoms with Crippen LogP contribution in [0.5, 0.6) is 0 Å². The van der Waals surface area contributed by atoms with Gasteiger partial charge in [0.1, 0.15) is 5.60 Å². The zero-order chi connectivity index (χ0) is 13.1. The van der Waals surface area contributed by atoms with Crippen LogP contribution >= 0.6 is 0 Å². The minimum absolute atomic E-state index is 0.348. The molecule has 17 heavy (non-hydrogen) atoms. The molecule has 5 nitrogen and oxygen atoms in total. The normalized spacial score (nSPS) is 19.2. The SMILES string of the molecule is CC(C)(C)OC(=O)N1CCC/C(=C\C(=O)O)C1. The van der Waals surface area contributed by atoms with E-state index < -0.39 is 11.6 Å². The average molecular weight is 241 g/mol. The van der Waals surface area contributed by atoms with Gasteiger partial charge in [-0.1, -0.05) is 0 Å². The summed E-state index contributed by atoms with van der Waals surface area (Å²) >= 11 is 0. The number of hydrogen-bond donors (Lipinski definition) is 1. The lowest BCUT2D eigenvalue weighted by Crippen LogP contribution is -2.40. The second-order valence-electron chi connectivity index (χ2n) is 5.15. The number of piperidine rings is 1. The smallest absolute Gasteiger partial charge is 0.410 e. The number of carbonyl (C=O) groups excluding carboxylic acids is 1. The number of ether oxygens (including phenoxy) is 1. The van der Waals surface area contributed by atoms with Gasteiger partial charge in [0.25, 0.3) is 0 Å². The molecule has 0 atom stereocenters. The van der Waals surface area contributed by atoms with E-state index in [0.29, 0.717) is 13.1 Å². The Bertz CT molecular complexity index is 341. The number of carboxylic acids is 1. The van der Waals surface area contributed by atoms with E-state index in [4.69, 9.17) is 9.84 Å². The summed E-state index contributed by atoms with van der Waals surface area (Å²) in [6.07, 6.45) is 2.30. The zero-order valence-electron chi connectivity index (χ0n) is 10.5. The first-order chi connectivity index (χ1) is 7.78. The van der Waals surface area contributed by atoms with E-state index in [9.17, 15) is 9.59 Å². The summed E-state index contributed by atoms with van der Waals surface area (Å²) in [7, 11) is 0. The fourth-order valence-corrected chi connectivity index (χ4v) is 1.67. The Morgan fingerprint density at radius 2 is 2.06 bits per heavy atom. The van der Waals surface area contributed by atoms with Gasteiger partial charge in [-0.05, 0) is 39.2 Å². The average Bonchev–Trinajstić information content (AvgIpc) is 2.14. The molecule has 1 N–H and O–H groups in total. The lowest BCUT2D eigenvalue weighted by Gasteiger charge is -2.31. The molecule has 0 unspecified atom stereocenters. The lowest BCUT2D eigenvalue weighted by atomic mass is 10.1. The fourth-order valence-electron chi connectivity index (χ4n) is 1.67. The van der Waals surface area contributed by atoms with Gasteiger partial charge < -0.3 is 14.7 Å². The van der Waals surface area contributed by atoms with Crippen LogP contribution in [0.2, 0.25) is 0 Å². The molecule has 0 saturated carbocycles. The minimum atomic E-state index is -0.967. The number of likely N-dealkylation sites (tertiary alicyclic amines) is 1. The van der Waals surface area contributed by atoms with Crippen molar-refractivity contribution < 1.29 is 19.4 Å². The third-order valence-corrected chi connectivity index (χ3v) is 2.30. The van der Waals surface area contributed by atoms with E-state index in [-0.39, 0.29) is 6.09 Å². The summed E-state index contributed by atoms with van der Waals surface area (Å²) in [4.78, 5) is 23.9. The van der Waals surface area contributed by atoms with Crippen LogP contribution in [0.4, 0.5) is 4.79 Å². The number of amides is 1. The summed E-state index contributed by atoms with van der Waals surface area (Å²) in [5.41, 5.74) is 0.236. The molecule has 0 bridgehead atoms. The molecule has 1 aliphatic rings. The van der Waals surface area contributed by atoms with Gasteiger partial charge in [0, 0.05) is 19.2 Å². The highest BCUT2D eigenvalue weighted by molar-refractivity contribution is 5.81. The first-order valence-electron chi connectivity index (χ1n) is 5.68. The summed E-state index contributed by atoms with van der Waals surface area (Å²) in [6, 6.07) is 0. The van der Waals surface area contributed by atoms with Crippen molar-refractivity contribution in [2.45, 2.75) is 39.2 Å². The van der Waals surface area contributed by atoms with E-state index in [1.165, 1.54) is 6.08 Å². The van der Waals surface area contributed by atoms with Crippen molar-refractivity contribution >= 4 is 12.1 Å². The third kappa shape index (κ3) is 4.89. The molecular weight excluding hydrogens is 222 g/mol. The summed E-state index contributed by atoms with van der Waals surface area (Å²) in [5.74, 6) is -0.967. The molecule has 1 fully saturated rings. The Balaban J connectivity index is 2.61. The highest BCUT2D eigenvalue weighted by Gasteiger charge is 2.25. The third-order valence-electron chi connectivity index (χ3n) is 2.30. The second-order valence-corrected chi connectivity index (χ2v) is 5.15. The number of carbonyl (C=O) groups is 2. The zero-order valence-corrected chi connectivity index (χ0v) is 10.5. The Kier molecular flexibility index (Phi) is 4.15. The first kappa shape index (κ1) is 13.5. The standard InChI is InChI=1S/C12H19NO4/c1-12(2,3)17-11(16)13-6-4-5-9(8-13)7-10(14)15/h7H,4-6,8H2,1-3H3,(H,14,15)/b9-7+. The fraction of sp³-hybridized carbons (Fsp3) is 0.667. The van der Waals surface area contributed by atoms with E-state index in [2.05, 4.69) is 0 Å².